The second-order valence-electron chi connectivity index (χ2n) is 4.13. The van der Waals surface area contributed by atoms with Crippen LogP contribution in [0, 0.1) is 12.8 Å². The molecule has 0 N–H and O–H groups in total. The minimum Gasteiger partial charge on any atom is -0.302 e. The molecule has 1 fully saturated rings. The summed E-state index contributed by atoms with van der Waals surface area (Å²) in [7, 11) is 0. The predicted octanol–water partition coefficient (Wildman–Crippen LogP) is 2.82. The highest BCUT2D eigenvalue weighted by molar-refractivity contribution is 6.28. The first kappa shape index (κ1) is 9.97. The summed E-state index contributed by atoms with van der Waals surface area (Å²) in [5, 5.41) is 8.36. The van der Waals surface area contributed by atoms with Crippen molar-refractivity contribution in [2.24, 2.45) is 5.92 Å². The van der Waals surface area contributed by atoms with Crippen molar-refractivity contribution in [1.29, 1.82) is 0 Å². The van der Waals surface area contributed by atoms with Crippen LogP contribution in [0.1, 0.15) is 37.9 Å². The molecular weight excluding hydrogens is 198 g/mol. The maximum Gasteiger partial charge on any atom is 0.225 e. The van der Waals surface area contributed by atoms with Gasteiger partial charge in [0, 0.05) is 6.54 Å². The van der Waals surface area contributed by atoms with Crippen LogP contribution >= 0.6 is 11.6 Å². The van der Waals surface area contributed by atoms with Gasteiger partial charge >= 0.3 is 0 Å². The quantitative estimate of drug-likeness (QED) is 0.757. The molecule has 4 heteroatoms. The summed E-state index contributed by atoms with van der Waals surface area (Å²) < 4.78 is 2.03. The number of halogens is 1. The van der Waals surface area contributed by atoms with Crippen molar-refractivity contribution in [2.75, 3.05) is 0 Å². The standard InChI is InChI=1S/C10H16ClN3/c1-8-12-13-10(11)14(8)7-9-5-3-2-4-6-9/h9H,2-7H2,1H3. The number of aryl methyl sites for hydroxylation is 1. The Bertz CT molecular complexity index is 283. The largest absolute Gasteiger partial charge is 0.302 e. The Balaban J connectivity index is 2.02. The molecule has 0 spiro atoms. The van der Waals surface area contributed by atoms with Crippen LogP contribution in [-0.4, -0.2) is 14.8 Å². The van der Waals surface area contributed by atoms with Gasteiger partial charge in [-0.05, 0) is 37.3 Å². The van der Waals surface area contributed by atoms with Crippen molar-refractivity contribution in [1.82, 2.24) is 14.8 Å². The molecule has 1 aliphatic rings. The average Bonchev–Trinajstić information content (AvgIpc) is 2.51. The van der Waals surface area contributed by atoms with Gasteiger partial charge in [-0.3, -0.25) is 0 Å². The lowest BCUT2D eigenvalue weighted by Crippen LogP contribution is -2.15. The lowest BCUT2D eigenvalue weighted by atomic mass is 9.89. The molecule has 0 unspecified atom stereocenters. The first-order valence-electron chi connectivity index (χ1n) is 5.32. The summed E-state index contributed by atoms with van der Waals surface area (Å²) in [4.78, 5) is 0. The number of hydrogen-bond donors (Lipinski definition) is 0. The van der Waals surface area contributed by atoms with Crippen LogP contribution in [0.15, 0.2) is 0 Å². The molecule has 1 heterocycles. The fourth-order valence-corrected chi connectivity index (χ4v) is 2.42. The Hall–Kier alpha value is -0.570. The Kier molecular flexibility index (Phi) is 3.06. The van der Waals surface area contributed by atoms with E-state index in [0.717, 1.165) is 18.3 Å². The van der Waals surface area contributed by atoms with E-state index in [1.54, 1.807) is 0 Å². The molecule has 1 aliphatic carbocycles. The van der Waals surface area contributed by atoms with Gasteiger partial charge in [0.05, 0.1) is 0 Å². The summed E-state index contributed by atoms with van der Waals surface area (Å²) in [6.45, 7) is 2.96. The van der Waals surface area contributed by atoms with E-state index in [1.165, 1.54) is 32.1 Å². The van der Waals surface area contributed by atoms with Gasteiger partial charge in [0.1, 0.15) is 5.82 Å². The van der Waals surface area contributed by atoms with Crippen molar-refractivity contribution >= 4 is 11.6 Å². The summed E-state index contributed by atoms with van der Waals surface area (Å²) in [5.41, 5.74) is 0. The maximum absolute atomic E-state index is 5.95. The van der Waals surface area contributed by atoms with E-state index < -0.39 is 0 Å². The lowest BCUT2D eigenvalue weighted by molar-refractivity contribution is 0.317. The van der Waals surface area contributed by atoms with Gasteiger partial charge in [0.25, 0.3) is 0 Å². The van der Waals surface area contributed by atoms with Crippen molar-refractivity contribution in [3.63, 3.8) is 0 Å². The van der Waals surface area contributed by atoms with Crippen LogP contribution in [0.2, 0.25) is 5.28 Å². The number of nitrogens with zero attached hydrogens (tertiary/aromatic N) is 3. The molecule has 2 rings (SSSR count). The summed E-state index contributed by atoms with van der Waals surface area (Å²) in [5.74, 6) is 1.71. The second kappa shape index (κ2) is 4.30. The first-order valence-corrected chi connectivity index (χ1v) is 5.70. The average molecular weight is 214 g/mol. The Morgan fingerprint density at radius 1 is 1.29 bits per heavy atom. The SMILES string of the molecule is Cc1nnc(Cl)n1CC1CCCCC1. The van der Waals surface area contributed by atoms with E-state index in [9.17, 15) is 0 Å². The highest BCUT2D eigenvalue weighted by Crippen LogP contribution is 2.26. The van der Waals surface area contributed by atoms with E-state index in [-0.39, 0.29) is 0 Å². The summed E-state index contributed by atoms with van der Waals surface area (Å²) >= 11 is 5.95. The van der Waals surface area contributed by atoms with Gasteiger partial charge in [-0.2, -0.15) is 0 Å². The van der Waals surface area contributed by atoms with Crippen LogP contribution < -0.4 is 0 Å². The van der Waals surface area contributed by atoms with E-state index in [2.05, 4.69) is 10.2 Å². The van der Waals surface area contributed by atoms with E-state index >= 15 is 0 Å². The molecule has 0 aromatic carbocycles. The monoisotopic (exact) mass is 213 g/mol. The van der Waals surface area contributed by atoms with Crippen LogP contribution in [0.5, 0.6) is 0 Å². The minimum absolute atomic E-state index is 0.535. The molecule has 0 atom stereocenters. The predicted molar refractivity (Wildman–Crippen MR) is 56.3 cm³/mol. The zero-order valence-corrected chi connectivity index (χ0v) is 9.30. The highest BCUT2D eigenvalue weighted by atomic mass is 35.5. The van der Waals surface area contributed by atoms with E-state index in [0.29, 0.717) is 5.28 Å². The molecule has 0 saturated heterocycles. The van der Waals surface area contributed by atoms with Crippen LogP contribution in [0.25, 0.3) is 0 Å². The van der Waals surface area contributed by atoms with Crippen molar-refractivity contribution < 1.29 is 0 Å². The van der Waals surface area contributed by atoms with Gasteiger partial charge in [-0.15, -0.1) is 10.2 Å². The zero-order valence-electron chi connectivity index (χ0n) is 8.54. The second-order valence-corrected chi connectivity index (χ2v) is 4.47. The van der Waals surface area contributed by atoms with Gasteiger partial charge in [-0.25, -0.2) is 0 Å². The summed E-state index contributed by atoms with van der Waals surface area (Å²) in [6, 6.07) is 0. The number of hydrogen-bond acceptors (Lipinski definition) is 2. The van der Waals surface area contributed by atoms with Gasteiger partial charge in [0.15, 0.2) is 0 Å². The van der Waals surface area contributed by atoms with Crippen molar-refractivity contribution in [3.8, 4) is 0 Å². The zero-order chi connectivity index (χ0) is 9.97. The number of rotatable bonds is 2. The highest BCUT2D eigenvalue weighted by Gasteiger charge is 2.16. The molecular formula is C10H16ClN3. The van der Waals surface area contributed by atoms with E-state index in [1.807, 2.05) is 11.5 Å². The third-order valence-corrected chi connectivity index (χ3v) is 3.34. The minimum atomic E-state index is 0.535. The lowest BCUT2D eigenvalue weighted by Gasteiger charge is -2.22. The fourth-order valence-electron chi connectivity index (χ4n) is 2.19. The Morgan fingerprint density at radius 2 is 2.00 bits per heavy atom. The molecule has 0 amide bonds. The third kappa shape index (κ3) is 2.08. The van der Waals surface area contributed by atoms with Crippen LogP contribution in [0.3, 0.4) is 0 Å². The molecule has 14 heavy (non-hydrogen) atoms. The molecule has 1 saturated carbocycles. The van der Waals surface area contributed by atoms with Gasteiger partial charge in [0.2, 0.25) is 5.28 Å². The third-order valence-electron chi connectivity index (χ3n) is 3.06. The van der Waals surface area contributed by atoms with Crippen molar-refractivity contribution in [3.05, 3.63) is 11.1 Å². The molecule has 78 valence electrons. The van der Waals surface area contributed by atoms with Crippen LogP contribution in [-0.2, 0) is 6.54 Å². The molecule has 0 bridgehead atoms. The molecule has 3 nitrogen and oxygen atoms in total. The first-order chi connectivity index (χ1) is 6.77. The van der Waals surface area contributed by atoms with Gasteiger partial charge < -0.3 is 4.57 Å². The normalized spacial score (nSPS) is 18.7. The topological polar surface area (TPSA) is 30.7 Å². The number of aromatic nitrogens is 3. The Labute approximate surface area is 89.5 Å². The Morgan fingerprint density at radius 3 is 2.57 bits per heavy atom. The van der Waals surface area contributed by atoms with Crippen LogP contribution in [0.4, 0.5) is 0 Å². The van der Waals surface area contributed by atoms with Gasteiger partial charge in [-0.1, -0.05) is 19.3 Å². The molecule has 1 aromatic rings. The maximum atomic E-state index is 5.95. The van der Waals surface area contributed by atoms with Crippen molar-refractivity contribution in [2.45, 2.75) is 45.6 Å². The summed E-state index contributed by atoms with van der Waals surface area (Å²) in [6.07, 6.45) is 6.78. The molecule has 0 radical (unpaired) electrons. The van der Waals surface area contributed by atoms with E-state index in [4.69, 9.17) is 11.6 Å². The molecule has 1 aromatic heterocycles. The molecule has 0 aliphatic heterocycles. The fraction of sp³-hybridized carbons (Fsp3) is 0.800. The smallest absolute Gasteiger partial charge is 0.225 e.